The number of hydrogen-bond acceptors (Lipinski definition) is 6. The van der Waals surface area contributed by atoms with Crippen LogP contribution < -0.4 is 10.6 Å². The van der Waals surface area contributed by atoms with Gasteiger partial charge in [-0.1, -0.05) is 48.5 Å². The molecule has 0 spiro atoms. The summed E-state index contributed by atoms with van der Waals surface area (Å²) in [4.78, 5) is 36.6. The van der Waals surface area contributed by atoms with Gasteiger partial charge in [0.05, 0.1) is 0 Å². The number of carbonyl (C=O) groups excluding carboxylic acids is 2. The second kappa shape index (κ2) is 11.6. The number of aliphatic carboxylic acids is 1. The summed E-state index contributed by atoms with van der Waals surface area (Å²) in [6, 6.07) is 15.3. The zero-order valence-electron chi connectivity index (χ0n) is 19.6. The third kappa shape index (κ3) is 5.79. The first-order chi connectivity index (χ1) is 17.0. The molecule has 1 aliphatic carbocycles. The summed E-state index contributed by atoms with van der Waals surface area (Å²) in [7, 11) is 0. The van der Waals surface area contributed by atoms with Gasteiger partial charge >= 0.3 is 12.1 Å². The highest BCUT2D eigenvalue weighted by Crippen LogP contribution is 2.44. The lowest BCUT2D eigenvalue weighted by molar-refractivity contribution is -0.144. The Hall–Kier alpha value is -3.04. The van der Waals surface area contributed by atoms with Crippen molar-refractivity contribution in [1.82, 2.24) is 10.6 Å². The van der Waals surface area contributed by atoms with Crippen molar-refractivity contribution in [3.05, 3.63) is 59.7 Å². The van der Waals surface area contributed by atoms with Crippen LogP contribution in [0.25, 0.3) is 11.1 Å². The molecule has 0 aromatic heterocycles. The van der Waals surface area contributed by atoms with Gasteiger partial charge in [-0.15, -0.1) is 0 Å². The van der Waals surface area contributed by atoms with Gasteiger partial charge in [0, 0.05) is 25.0 Å². The summed E-state index contributed by atoms with van der Waals surface area (Å²) < 4.78 is 11.1. The van der Waals surface area contributed by atoms with E-state index in [0.29, 0.717) is 25.2 Å². The molecule has 3 atom stereocenters. The Balaban J connectivity index is 1.29. The third-order valence-corrected chi connectivity index (χ3v) is 7.19. The summed E-state index contributed by atoms with van der Waals surface area (Å²) >= 11 is 1.52. The highest BCUT2D eigenvalue weighted by Gasteiger charge is 2.36. The Morgan fingerprint density at radius 2 is 1.77 bits per heavy atom. The number of benzene rings is 2. The number of hydrogen-bond donors (Lipinski definition) is 3. The lowest BCUT2D eigenvalue weighted by Gasteiger charge is -2.21. The summed E-state index contributed by atoms with van der Waals surface area (Å²) in [5.41, 5.74) is 4.59. The maximum atomic E-state index is 12.7. The quantitative estimate of drug-likeness (QED) is 0.461. The van der Waals surface area contributed by atoms with E-state index in [1.165, 1.54) is 11.8 Å². The molecule has 1 heterocycles. The van der Waals surface area contributed by atoms with Gasteiger partial charge in [0.15, 0.2) is 0 Å². The van der Waals surface area contributed by atoms with Gasteiger partial charge in [0.2, 0.25) is 5.91 Å². The molecule has 1 saturated heterocycles. The summed E-state index contributed by atoms with van der Waals surface area (Å²) in [5.74, 6) is -1.20. The van der Waals surface area contributed by atoms with E-state index in [1.807, 2.05) is 30.5 Å². The minimum atomic E-state index is -1.07. The molecule has 2 aromatic rings. The Morgan fingerprint density at radius 3 is 2.40 bits per heavy atom. The maximum Gasteiger partial charge on any atom is 0.407 e. The fourth-order valence-corrected chi connectivity index (χ4v) is 5.21. The molecule has 186 valence electrons. The third-order valence-electron chi connectivity index (χ3n) is 6.55. The Morgan fingerprint density at radius 1 is 1.11 bits per heavy atom. The van der Waals surface area contributed by atoms with Gasteiger partial charge < -0.3 is 25.2 Å². The molecule has 0 saturated carbocycles. The standard InChI is InChI=1S/C26H30N2O6S/c1-35-13-11-22(25(30)31)28-24(29)23-16(10-12-33-23)14-27-26(32)34-15-21-19-8-4-2-6-17(19)18-7-3-5-9-20(18)21/h2-9,16,21-23H,10-15H2,1H3,(H,27,32)(H,28,29)(H,30,31)/t16-,22+,23-/m1/s1. The van der Waals surface area contributed by atoms with Crippen LogP contribution in [0, 0.1) is 5.92 Å². The molecule has 1 fully saturated rings. The van der Waals surface area contributed by atoms with Gasteiger partial charge in [-0.25, -0.2) is 9.59 Å². The maximum absolute atomic E-state index is 12.7. The molecule has 3 N–H and O–H groups in total. The van der Waals surface area contributed by atoms with E-state index in [1.54, 1.807) is 0 Å². The van der Waals surface area contributed by atoms with E-state index in [-0.39, 0.29) is 25.0 Å². The van der Waals surface area contributed by atoms with E-state index in [2.05, 4.69) is 34.9 Å². The van der Waals surface area contributed by atoms with Gasteiger partial charge in [-0.2, -0.15) is 11.8 Å². The smallest absolute Gasteiger partial charge is 0.407 e. The number of carboxylic acid groups (broad SMARTS) is 1. The van der Waals surface area contributed by atoms with Crippen molar-refractivity contribution in [2.75, 3.05) is 31.8 Å². The molecule has 9 heteroatoms. The van der Waals surface area contributed by atoms with Crippen molar-refractivity contribution < 1.29 is 29.0 Å². The van der Waals surface area contributed by atoms with E-state index < -0.39 is 30.1 Å². The normalized spacial score (nSPS) is 19.5. The van der Waals surface area contributed by atoms with Crippen molar-refractivity contribution >= 4 is 29.7 Å². The number of rotatable bonds is 10. The van der Waals surface area contributed by atoms with E-state index >= 15 is 0 Å². The number of carbonyl (C=O) groups is 3. The highest BCUT2D eigenvalue weighted by atomic mass is 32.2. The first kappa shape index (κ1) is 25.1. The molecular weight excluding hydrogens is 468 g/mol. The monoisotopic (exact) mass is 498 g/mol. The largest absolute Gasteiger partial charge is 0.480 e. The van der Waals surface area contributed by atoms with Crippen LogP contribution in [0.2, 0.25) is 0 Å². The topological polar surface area (TPSA) is 114 Å². The first-order valence-corrected chi connectivity index (χ1v) is 13.1. The molecule has 2 aliphatic rings. The average molecular weight is 499 g/mol. The number of fused-ring (bicyclic) bond motifs is 3. The average Bonchev–Trinajstić information content (AvgIpc) is 3.46. The van der Waals surface area contributed by atoms with Crippen LogP contribution in [0.4, 0.5) is 4.79 Å². The molecule has 8 nitrogen and oxygen atoms in total. The van der Waals surface area contributed by atoms with Crippen LogP contribution in [0.15, 0.2) is 48.5 Å². The minimum Gasteiger partial charge on any atom is -0.480 e. The predicted octanol–water partition coefficient (Wildman–Crippen LogP) is 3.25. The van der Waals surface area contributed by atoms with E-state index in [0.717, 1.165) is 22.3 Å². The number of carboxylic acids is 1. The molecule has 0 radical (unpaired) electrons. The number of ether oxygens (including phenoxy) is 2. The molecule has 1 aliphatic heterocycles. The van der Waals surface area contributed by atoms with Crippen molar-refractivity contribution in [2.24, 2.45) is 5.92 Å². The molecular formula is C26H30N2O6S. The number of nitrogens with one attached hydrogen (secondary N) is 2. The lowest BCUT2D eigenvalue weighted by Crippen LogP contribution is -2.48. The number of alkyl carbamates (subject to hydrolysis) is 1. The fourth-order valence-electron chi connectivity index (χ4n) is 4.74. The summed E-state index contributed by atoms with van der Waals surface area (Å²) in [6.45, 7) is 0.787. The molecule has 2 aromatic carbocycles. The van der Waals surface area contributed by atoms with Crippen LogP contribution >= 0.6 is 11.8 Å². The van der Waals surface area contributed by atoms with Crippen molar-refractivity contribution in [1.29, 1.82) is 0 Å². The van der Waals surface area contributed by atoms with Gasteiger partial charge in [0.1, 0.15) is 18.8 Å². The van der Waals surface area contributed by atoms with Crippen LogP contribution in [0.3, 0.4) is 0 Å². The fraction of sp³-hybridized carbons (Fsp3) is 0.423. The SMILES string of the molecule is CSCC[C@H](NC(=O)[C@@H]1OCC[C@@H]1CNC(=O)OCC1c2ccccc2-c2ccccc21)C(=O)O. The molecule has 35 heavy (non-hydrogen) atoms. The second-order valence-corrected chi connectivity index (χ2v) is 9.71. The molecule has 0 bridgehead atoms. The van der Waals surface area contributed by atoms with Crippen LogP contribution in [-0.4, -0.2) is 67.0 Å². The van der Waals surface area contributed by atoms with Crippen molar-refractivity contribution in [3.8, 4) is 11.1 Å². The van der Waals surface area contributed by atoms with Crippen LogP contribution in [0.5, 0.6) is 0 Å². The summed E-state index contributed by atoms with van der Waals surface area (Å²) in [6.07, 6.45) is 1.44. The van der Waals surface area contributed by atoms with Crippen LogP contribution in [-0.2, 0) is 19.1 Å². The van der Waals surface area contributed by atoms with Gasteiger partial charge in [-0.05, 0) is 47.1 Å². The second-order valence-electron chi connectivity index (χ2n) is 8.73. The molecule has 4 rings (SSSR count). The minimum absolute atomic E-state index is 0.0317. The highest BCUT2D eigenvalue weighted by molar-refractivity contribution is 7.98. The van der Waals surface area contributed by atoms with Crippen LogP contribution in [0.1, 0.15) is 29.9 Å². The predicted molar refractivity (Wildman–Crippen MR) is 133 cm³/mol. The lowest BCUT2D eigenvalue weighted by atomic mass is 9.98. The van der Waals surface area contributed by atoms with E-state index in [9.17, 15) is 19.5 Å². The van der Waals surface area contributed by atoms with E-state index in [4.69, 9.17) is 9.47 Å². The van der Waals surface area contributed by atoms with Gasteiger partial charge in [-0.3, -0.25) is 4.79 Å². The molecule has 0 unspecified atom stereocenters. The Labute approximate surface area is 208 Å². The first-order valence-electron chi connectivity index (χ1n) is 11.7. The Kier molecular flexibility index (Phi) is 8.30. The van der Waals surface area contributed by atoms with Gasteiger partial charge in [0.25, 0.3) is 0 Å². The summed E-state index contributed by atoms with van der Waals surface area (Å²) in [5, 5.41) is 14.7. The number of amides is 2. The van der Waals surface area contributed by atoms with Crippen molar-refractivity contribution in [2.45, 2.75) is 30.9 Å². The molecule has 2 amide bonds. The zero-order valence-corrected chi connectivity index (χ0v) is 20.4. The number of thioether (sulfide) groups is 1. The zero-order chi connectivity index (χ0) is 24.8. The Bertz CT molecular complexity index is 1030. The van der Waals surface area contributed by atoms with Crippen molar-refractivity contribution in [3.63, 3.8) is 0 Å².